The number of allylic oxidation sites excluding steroid dienone is 8. The van der Waals surface area contributed by atoms with Gasteiger partial charge in [-0.3, -0.25) is 14.1 Å². The molecule has 0 spiro atoms. The fraction of sp³-hybridized carbons (Fsp3) is 0.792. The summed E-state index contributed by atoms with van der Waals surface area (Å²) in [5.41, 5.74) is 0. The molecular formula is C48H84O12S. The number of rotatable bonds is 39. The van der Waals surface area contributed by atoms with Crippen LogP contribution in [0.3, 0.4) is 0 Å². The van der Waals surface area contributed by atoms with E-state index in [0.29, 0.717) is 12.8 Å². The zero-order valence-electron chi connectivity index (χ0n) is 37.8. The molecule has 61 heavy (non-hydrogen) atoms. The highest BCUT2D eigenvalue weighted by atomic mass is 32.2. The predicted octanol–water partition coefficient (Wildman–Crippen LogP) is 9.95. The van der Waals surface area contributed by atoms with Crippen LogP contribution >= 0.6 is 0 Å². The van der Waals surface area contributed by atoms with Crippen LogP contribution in [0.15, 0.2) is 48.6 Å². The maximum absolute atomic E-state index is 12.8. The zero-order chi connectivity index (χ0) is 44.8. The summed E-state index contributed by atoms with van der Waals surface area (Å²) in [4.78, 5) is 25.4. The van der Waals surface area contributed by atoms with Crippen molar-refractivity contribution in [2.45, 2.75) is 224 Å². The van der Waals surface area contributed by atoms with E-state index >= 15 is 0 Å². The number of carbonyl (C=O) groups excluding carboxylic acids is 2. The molecule has 1 heterocycles. The third kappa shape index (κ3) is 32.9. The minimum atomic E-state index is -4.61. The van der Waals surface area contributed by atoms with Gasteiger partial charge in [0.1, 0.15) is 36.8 Å². The Kier molecular flexibility index (Phi) is 35.4. The largest absolute Gasteiger partial charge is 0.462 e. The molecule has 1 fully saturated rings. The van der Waals surface area contributed by atoms with Crippen molar-refractivity contribution in [3.63, 3.8) is 0 Å². The highest BCUT2D eigenvalue weighted by Crippen LogP contribution is 2.24. The molecule has 1 saturated heterocycles. The fourth-order valence-electron chi connectivity index (χ4n) is 7.02. The van der Waals surface area contributed by atoms with E-state index in [9.17, 15) is 37.9 Å². The van der Waals surface area contributed by atoms with Gasteiger partial charge >= 0.3 is 11.9 Å². The van der Waals surface area contributed by atoms with Crippen molar-refractivity contribution in [3.8, 4) is 0 Å². The van der Waals surface area contributed by atoms with E-state index in [1.165, 1.54) is 83.5 Å². The number of aliphatic hydroxyl groups is 3. The molecule has 0 amide bonds. The maximum Gasteiger partial charge on any atom is 0.306 e. The van der Waals surface area contributed by atoms with Crippen molar-refractivity contribution in [1.29, 1.82) is 0 Å². The average molecular weight is 885 g/mol. The second-order valence-corrected chi connectivity index (χ2v) is 17.9. The van der Waals surface area contributed by atoms with Crippen molar-refractivity contribution < 1.29 is 56.8 Å². The second kappa shape index (κ2) is 38.1. The van der Waals surface area contributed by atoms with Crippen molar-refractivity contribution >= 4 is 22.1 Å². The van der Waals surface area contributed by atoms with E-state index in [4.69, 9.17) is 18.9 Å². The number of unbranched alkanes of at least 4 members (excludes halogenated alkanes) is 21. The van der Waals surface area contributed by atoms with Crippen LogP contribution in [-0.2, 0) is 38.7 Å². The Morgan fingerprint density at radius 1 is 0.574 bits per heavy atom. The summed E-state index contributed by atoms with van der Waals surface area (Å²) >= 11 is 0. The van der Waals surface area contributed by atoms with Gasteiger partial charge in [0.2, 0.25) is 0 Å². The molecule has 1 rings (SSSR count). The molecule has 0 radical (unpaired) electrons. The van der Waals surface area contributed by atoms with Gasteiger partial charge in [-0.15, -0.1) is 0 Å². The number of esters is 2. The summed E-state index contributed by atoms with van der Waals surface area (Å²) in [6.07, 6.45) is 35.9. The molecule has 3 unspecified atom stereocenters. The lowest BCUT2D eigenvalue weighted by atomic mass is 10.00. The van der Waals surface area contributed by atoms with Crippen molar-refractivity contribution in [2.24, 2.45) is 0 Å². The van der Waals surface area contributed by atoms with Crippen LogP contribution in [0, 0.1) is 0 Å². The first-order chi connectivity index (χ1) is 29.5. The highest BCUT2D eigenvalue weighted by molar-refractivity contribution is 7.85. The number of hydrogen-bond donors (Lipinski definition) is 4. The minimum Gasteiger partial charge on any atom is -0.462 e. The van der Waals surface area contributed by atoms with E-state index < -0.39 is 71.2 Å². The van der Waals surface area contributed by atoms with Crippen LogP contribution in [0.4, 0.5) is 0 Å². The molecular weight excluding hydrogens is 801 g/mol. The Labute approximate surface area is 369 Å². The Morgan fingerprint density at radius 3 is 1.57 bits per heavy atom. The molecule has 13 heteroatoms. The normalized spacial score (nSPS) is 20.4. The SMILES string of the molecule is CC/C=C/C=C/C=C/CCCCCCCC(=O)OC(COC(=O)CCCCCCCCC/C=C/CCCCCCCCCCC)CO[C@H]1O[C@H](CS(=O)(=O)O)[C@@H](O)C(O)C1O. The Hall–Kier alpha value is -2.39. The van der Waals surface area contributed by atoms with Crippen LogP contribution < -0.4 is 0 Å². The molecule has 4 N–H and O–H groups in total. The number of ether oxygens (including phenoxy) is 4. The first kappa shape index (κ1) is 56.6. The van der Waals surface area contributed by atoms with Gasteiger partial charge in [-0.05, 0) is 57.8 Å². The van der Waals surface area contributed by atoms with Crippen LogP contribution in [0.25, 0.3) is 0 Å². The van der Waals surface area contributed by atoms with E-state index in [1.54, 1.807) is 0 Å². The summed E-state index contributed by atoms with van der Waals surface area (Å²) in [5, 5.41) is 30.9. The zero-order valence-corrected chi connectivity index (χ0v) is 38.6. The third-order valence-electron chi connectivity index (χ3n) is 10.7. The molecule has 1 aliphatic heterocycles. The first-order valence-electron chi connectivity index (χ1n) is 23.7. The van der Waals surface area contributed by atoms with E-state index in [2.05, 4.69) is 38.2 Å². The summed E-state index contributed by atoms with van der Waals surface area (Å²) in [7, 11) is -4.61. The molecule has 0 aliphatic carbocycles. The van der Waals surface area contributed by atoms with E-state index in [0.717, 1.165) is 64.2 Å². The Morgan fingerprint density at radius 2 is 1.05 bits per heavy atom. The highest BCUT2D eigenvalue weighted by Gasteiger charge is 2.46. The van der Waals surface area contributed by atoms with E-state index in [-0.39, 0.29) is 19.4 Å². The molecule has 0 bridgehead atoms. The third-order valence-corrected chi connectivity index (χ3v) is 11.5. The maximum atomic E-state index is 12.8. The number of aliphatic hydroxyl groups excluding tert-OH is 3. The summed E-state index contributed by atoms with van der Waals surface area (Å²) in [6, 6.07) is 0. The molecule has 12 nitrogen and oxygen atoms in total. The summed E-state index contributed by atoms with van der Waals surface area (Å²) < 4.78 is 54.1. The molecule has 1 aliphatic rings. The van der Waals surface area contributed by atoms with Gasteiger partial charge < -0.3 is 34.3 Å². The molecule has 0 saturated carbocycles. The Balaban J connectivity index is 2.40. The smallest absolute Gasteiger partial charge is 0.306 e. The van der Waals surface area contributed by atoms with Gasteiger partial charge in [-0.1, -0.05) is 165 Å². The van der Waals surface area contributed by atoms with Crippen LogP contribution in [0.1, 0.15) is 187 Å². The first-order valence-corrected chi connectivity index (χ1v) is 25.3. The topological polar surface area (TPSA) is 186 Å². The number of hydrogen-bond acceptors (Lipinski definition) is 11. The van der Waals surface area contributed by atoms with Gasteiger partial charge in [0.25, 0.3) is 10.1 Å². The van der Waals surface area contributed by atoms with Crippen molar-refractivity contribution in [3.05, 3.63) is 48.6 Å². The van der Waals surface area contributed by atoms with Gasteiger partial charge in [0, 0.05) is 12.8 Å². The number of carbonyl (C=O) groups is 2. The van der Waals surface area contributed by atoms with Crippen molar-refractivity contribution in [2.75, 3.05) is 19.0 Å². The minimum absolute atomic E-state index is 0.139. The van der Waals surface area contributed by atoms with E-state index in [1.807, 2.05) is 24.3 Å². The monoisotopic (exact) mass is 885 g/mol. The van der Waals surface area contributed by atoms with Crippen LogP contribution in [0.2, 0.25) is 0 Å². The lowest BCUT2D eigenvalue weighted by Gasteiger charge is -2.40. The van der Waals surface area contributed by atoms with Gasteiger partial charge in [-0.25, -0.2) is 0 Å². The predicted molar refractivity (Wildman–Crippen MR) is 242 cm³/mol. The van der Waals surface area contributed by atoms with Gasteiger partial charge in [0.15, 0.2) is 12.4 Å². The average Bonchev–Trinajstić information content (AvgIpc) is 3.22. The molecule has 0 aromatic carbocycles. The lowest BCUT2D eigenvalue weighted by molar-refractivity contribution is -0.297. The molecule has 6 atom stereocenters. The quantitative estimate of drug-likeness (QED) is 0.0151. The van der Waals surface area contributed by atoms with Gasteiger partial charge in [-0.2, -0.15) is 8.42 Å². The summed E-state index contributed by atoms with van der Waals surface area (Å²) in [6.45, 7) is 3.61. The van der Waals surface area contributed by atoms with Crippen molar-refractivity contribution in [1.82, 2.24) is 0 Å². The second-order valence-electron chi connectivity index (χ2n) is 16.4. The van der Waals surface area contributed by atoms with Crippen LogP contribution in [-0.4, -0.2) is 96.0 Å². The summed E-state index contributed by atoms with van der Waals surface area (Å²) in [5.74, 6) is -2.02. The molecule has 0 aromatic rings. The standard InChI is InChI=1S/C48H84O12S/c1-3-5-7-9-11-13-15-17-18-19-20-21-22-23-25-26-28-30-32-34-36-43(49)57-38-41(39-58-48-47(53)46(52)45(51)42(60-48)40-61(54,55)56)59-44(50)37-35-33-31-29-27-24-16-14-12-10-8-6-4-2/h6,8,10,12,14,16,20-21,41-42,45-48,51-53H,3-5,7,9,11,13,15,17-19,22-40H2,1-2H3,(H,54,55,56)/b8-6+,12-10+,16-14+,21-20+/t41?,42-,45-,46?,47?,48+/m1/s1. The molecule has 354 valence electrons. The lowest BCUT2D eigenvalue weighted by Crippen LogP contribution is -2.60. The molecule has 0 aromatic heterocycles. The van der Waals surface area contributed by atoms with Gasteiger partial charge in [0.05, 0.1) is 6.61 Å². The Bertz CT molecular complexity index is 1310. The fourth-order valence-corrected chi connectivity index (χ4v) is 7.72. The van der Waals surface area contributed by atoms with Crippen LogP contribution in [0.5, 0.6) is 0 Å².